The van der Waals surface area contributed by atoms with E-state index in [4.69, 9.17) is 9.47 Å². The van der Waals surface area contributed by atoms with Gasteiger partial charge < -0.3 is 19.7 Å². The number of carbonyl (C=O) groups is 3. The average Bonchev–Trinajstić information content (AvgIpc) is 2.50. The Morgan fingerprint density at radius 3 is 2.50 bits per heavy atom. The molecule has 2 unspecified atom stereocenters. The Morgan fingerprint density at radius 1 is 1.18 bits per heavy atom. The van der Waals surface area contributed by atoms with Crippen molar-refractivity contribution in [3.63, 3.8) is 0 Å². The molecular formula is C15H22O7. The van der Waals surface area contributed by atoms with E-state index in [1.54, 1.807) is 0 Å². The topological polar surface area (TPSA) is 110 Å². The summed E-state index contributed by atoms with van der Waals surface area (Å²) in [5.41, 5.74) is -1.28. The van der Waals surface area contributed by atoms with Crippen molar-refractivity contribution in [2.24, 2.45) is 11.3 Å². The first-order valence-corrected chi connectivity index (χ1v) is 7.27. The third-order valence-electron chi connectivity index (χ3n) is 4.09. The monoisotopic (exact) mass is 314 g/mol. The van der Waals surface area contributed by atoms with Crippen molar-refractivity contribution < 1.29 is 34.1 Å². The van der Waals surface area contributed by atoms with E-state index < -0.39 is 29.2 Å². The molecular weight excluding hydrogens is 292 g/mol. The number of esters is 1. The second-order valence-electron chi connectivity index (χ2n) is 5.33. The number of rotatable bonds is 9. The van der Waals surface area contributed by atoms with Gasteiger partial charge in [0.25, 0.3) is 0 Å². The highest BCUT2D eigenvalue weighted by Gasteiger charge is 2.50. The minimum atomic E-state index is -1.28. The van der Waals surface area contributed by atoms with Crippen LogP contribution in [0.15, 0.2) is 12.7 Å². The van der Waals surface area contributed by atoms with E-state index in [9.17, 15) is 24.6 Å². The highest BCUT2D eigenvalue weighted by molar-refractivity contribution is 5.83. The van der Waals surface area contributed by atoms with E-state index >= 15 is 0 Å². The quantitative estimate of drug-likeness (QED) is 0.376. The third kappa shape index (κ3) is 4.56. The molecule has 2 atom stereocenters. The molecule has 7 heteroatoms. The van der Waals surface area contributed by atoms with Crippen LogP contribution in [0.5, 0.6) is 0 Å². The van der Waals surface area contributed by atoms with Crippen LogP contribution in [0.1, 0.15) is 32.1 Å². The smallest absolute Gasteiger partial charge is 0.330 e. The fraction of sp³-hybridized carbons (Fsp3) is 0.667. The molecule has 0 aliphatic heterocycles. The molecule has 0 heterocycles. The van der Waals surface area contributed by atoms with E-state index in [0.29, 0.717) is 19.3 Å². The van der Waals surface area contributed by atoms with Gasteiger partial charge in [-0.2, -0.15) is 0 Å². The first-order valence-electron chi connectivity index (χ1n) is 7.27. The van der Waals surface area contributed by atoms with Gasteiger partial charge in [-0.3, -0.25) is 9.59 Å². The van der Waals surface area contributed by atoms with Gasteiger partial charge in [0, 0.05) is 12.7 Å². The highest BCUT2D eigenvalue weighted by Crippen LogP contribution is 2.44. The number of carboxylic acid groups (broad SMARTS) is 2. The number of aliphatic carboxylic acids is 2. The van der Waals surface area contributed by atoms with Gasteiger partial charge in [-0.1, -0.05) is 19.4 Å². The molecule has 1 aliphatic carbocycles. The van der Waals surface area contributed by atoms with Gasteiger partial charge in [-0.15, -0.1) is 0 Å². The van der Waals surface area contributed by atoms with Crippen molar-refractivity contribution >= 4 is 17.9 Å². The predicted molar refractivity (Wildman–Crippen MR) is 76.3 cm³/mol. The van der Waals surface area contributed by atoms with Crippen LogP contribution in [0.3, 0.4) is 0 Å². The Morgan fingerprint density at radius 2 is 1.91 bits per heavy atom. The lowest BCUT2D eigenvalue weighted by atomic mass is 9.64. The van der Waals surface area contributed by atoms with Crippen LogP contribution < -0.4 is 0 Å². The Hall–Kier alpha value is -1.89. The lowest BCUT2D eigenvalue weighted by molar-refractivity contribution is -0.168. The molecule has 0 amide bonds. The van der Waals surface area contributed by atoms with Gasteiger partial charge in [0.2, 0.25) is 0 Å². The van der Waals surface area contributed by atoms with Crippen molar-refractivity contribution in [1.29, 1.82) is 0 Å². The molecule has 1 rings (SSSR count). The second-order valence-corrected chi connectivity index (χ2v) is 5.33. The molecule has 0 aromatic heterocycles. The van der Waals surface area contributed by atoms with Gasteiger partial charge >= 0.3 is 17.9 Å². The maximum absolute atomic E-state index is 11.6. The standard InChI is InChI=1S/C15H22O7/c1-2-12(16)22-10-9-21-8-7-15(14(19)20)6-4-3-5-11(15)13(17)18/h2,11H,1,3-10H2,(H,17,18)(H,19,20). The summed E-state index contributed by atoms with van der Waals surface area (Å²) in [6.07, 6.45) is 3.32. The lowest BCUT2D eigenvalue weighted by Gasteiger charge is -2.38. The van der Waals surface area contributed by atoms with Gasteiger partial charge in [-0.05, 0) is 19.3 Å². The van der Waals surface area contributed by atoms with Gasteiger partial charge in [0.15, 0.2) is 0 Å². The normalized spacial score (nSPS) is 24.5. The summed E-state index contributed by atoms with van der Waals surface area (Å²) < 4.78 is 9.99. The Balaban J connectivity index is 2.50. The highest BCUT2D eigenvalue weighted by atomic mass is 16.6. The summed E-state index contributed by atoms with van der Waals surface area (Å²) in [6.45, 7) is 3.55. The Bertz CT molecular complexity index is 432. The van der Waals surface area contributed by atoms with Gasteiger partial charge in [0.05, 0.1) is 17.9 Å². The molecule has 7 nitrogen and oxygen atoms in total. The summed E-state index contributed by atoms with van der Waals surface area (Å²) in [5, 5.41) is 18.8. The number of ether oxygens (including phenoxy) is 2. The van der Waals surface area contributed by atoms with Crippen LogP contribution in [0.2, 0.25) is 0 Å². The Labute approximate surface area is 128 Å². The summed E-state index contributed by atoms with van der Waals surface area (Å²) in [6, 6.07) is 0. The minimum absolute atomic E-state index is 0.0489. The summed E-state index contributed by atoms with van der Waals surface area (Å²) >= 11 is 0. The third-order valence-corrected chi connectivity index (χ3v) is 4.09. The van der Waals surface area contributed by atoms with Crippen LogP contribution in [0.25, 0.3) is 0 Å². The summed E-state index contributed by atoms with van der Waals surface area (Å²) in [4.78, 5) is 33.8. The molecule has 2 N–H and O–H groups in total. The van der Waals surface area contributed by atoms with Crippen molar-refractivity contribution in [1.82, 2.24) is 0 Å². The molecule has 124 valence electrons. The Kier molecular flexibility index (Phi) is 7.04. The first-order chi connectivity index (χ1) is 10.4. The van der Waals surface area contributed by atoms with Crippen molar-refractivity contribution in [3.05, 3.63) is 12.7 Å². The van der Waals surface area contributed by atoms with Crippen LogP contribution >= 0.6 is 0 Å². The summed E-state index contributed by atoms with van der Waals surface area (Å²) in [7, 11) is 0. The van der Waals surface area contributed by atoms with Crippen molar-refractivity contribution in [2.45, 2.75) is 32.1 Å². The zero-order valence-corrected chi connectivity index (χ0v) is 12.5. The molecule has 1 fully saturated rings. The number of hydrogen-bond donors (Lipinski definition) is 2. The van der Waals surface area contributed by atoms with Crippen LogP contribution in [0.4, 0.5) is 0 Å². The largest absolute Gasteiger partial charge is 0.481 e. The number of carbonyl (C=O) groups excluding carboxylic acids is 1. The van der Waals surface area contributed by atoms with Gasteiger partial charge in [0.1, 0.15) is 6.61 Å². The van der Waals surface area contributed by atoms with E-state index in [2.05, 4.69) is 6.58 Å². The molecule has 0 bridgehead atoms. The van der Waals surface area contributed by atoms with E-state index in [1.165, 1.54) is 0 Å². The molecule has 1 aliphatic rings. The van der Waals surface area contributed by atoms with E-state index in [-0.39, 0.29) is 26.2 Å². The number of carboxylic acids is 2. The SMILES string of the molecule is C=CC(=O)OCCOCCC1(C(=O)O)CCCCC1C(=O)O. The molecule has 22 heavy (non-hydrogen) atoms. The fourth-order valence-electron chi connectivity index (χ4n) is 2.88. The minimum Gasteiger partial charge on any atom is -0.481 e. The molecule has 0 aromatic carbocycles. The van der Waals surface area contributed by atoms with Gasteiger partial charge in [-0.25, -0.2) is 4.79 Å². The molecule has 0 aromatic rings. The number of hydrogen-bond acceptors (Lipinski definition) is 5. The fourth-order valence-corrected chi connectivity index (χ4v) is 2.88. The van der Waals surface area contributed by atoms with Crippen LogP contribution in [-0.2, 0) is 23.9 Å². The lowest BCUT2D eigenvalue weighted by Crippen LogP contribution is -2.45. The summed E-state index contributed by atoms with van der Waals surface area (Å²) in [5.74, 6) is -3.59. The van der Waals surface area contributed by atoms with E-state index in [1.807, 2.05) is 0 Å². The van der Waals surface area contributed by atoms with Crippen LogP contribution in [0, 0.1) is 11.3 Å². The van der Waals surface area contributed by atoms with Crippen molar-refractivity contribution in [3.8, 4) is 0 Å². The van der Waals surface area contributed by atoms with E-state index in [0.717, 1.165) is 12.5 Å². The second kappa shape index (κ2) is 8.53. The molecule has 0 spiro atoms. The first kappa shape index (κ1) is 18.2. The molecule has 0 radical (unpaired) electrons. The predicted octanol–water partition coefficient (Wildman–Crippen LogP) is 1.47. The maximum atomic E-state index is 11.6. The maximum Gasteiger partial charge on any atom is 0.330 e. The molecule has 0 saturated heterocycles. The molecule has 1 saturated carbocycles. The zero-order chi connectivity index (χ0) is 16.6. The van der Waals surface area contributed by atoms with Crippen LogP contribution in [-0.4, -0.2) is 47.9 Å². The average molecular weight is 314 g/mol. The zero-order valence-electron chi connectivity index (χ0n) is 12.5. The van der Waals surface area contributed by atoms with Crippen molar-refractivity contribution in [2.75, 3.05) is 19.8 Å².